The largest absolute Gasteiger partial charge is 0.456 e. The lowest BCUT2D eigenvalue weighted by atomic mass is 9.93. The number of rotatable bonds is 4. The van der Waals surface area contributed by atoms with Gasteiger partial charge in [-0.05, 0) is 63.7 Å². The van der Waals surface area contributed by atoms with Crippen molar-refractivity contribution in [3.8, 4) is 45.3 Å². The van der Waals surface area contributed by atoms with Crippen LogP contribution in [0, 0.1) is 0 Å². The van der Waals surface area contributed by atoms with Crippen LogP contribution in [0.25, 0.3) is 111 Å². The number of hydrogen-bond donors (Lipinski definition) is 0. The lowest BCUT2D eigenvalue weighted by Crippen LogP contribution is -2.00. The number of para-hydroxylation sites is 2. The van der Waals surface area contributed by atoms with Crippen molar-refractivity contribution >= 4 is 65.4 Å². The fraction of sp³-hybridized carbons (Fsp3) is 0. The third-order valence-corrected chi connectivity index (χ3v) is 10.1. The topological polar surface area (TPSA) is 65.0 Å². The molecule has 0 saturated heterocycles. The van der Waals surface area contributed by atoms with Crippen LogP contribution >= 0.6 is 0 Å². The number of benzene rings is 8. The molecule has 0 fully saturated rings. The molecule has 242 valence electrons. The first-order chi connectivity index (χ1) is 25.7. The summed E-state index contributed by atoms with van der Waals surface area (Å²) in [4.78, 5) is 15.5. The first kappa shape index (κ1) is 28.7. The zero-order chi connectivity index (χ0) is 34.2. The smallest absolute Gasteiger partial charge is 0.164 e. The average molecular weight is 666 g/mol. The Morgan fingerprint density at radius 3 is 1.79 bits per heavy atom. The van der Waals surface area contributed by atoms with Gasteiger partial charge >= 0.3 is 0 Å². The van der Waals surface area contributed by atoms with E-state index in [-0.39, 0.29) is 0 Å². The molecule has 5 nitrogen and oxygen atoms in total. The molecule has 0 aliphatic rings. The summed E-state index contributed by atoms with van der Waals surface area (Å²) in [6.45, 7) is 0. The predicted octanol–water partition coefficient (Wildman–Crippen LogP) is 12.6. The van der Waals surface area contributed by atoms with Crippen LogP contribution < -0.4 is 0 Å². The van der Waals surface area contributed by atoms with Gasteiger partial charge in [-0.3, -0.25) is 0 Å². The number of aromatic nitrogens is 3. The van der Waals surface area contributed by atoms with Crippen LogP contribution in [0.15, 0.2) is 173 Å². The molecule has 0 saturated carbocycles. The Labute approximate surface area is 297 Å². The zero-order valence-corrected chi connectivity index (χ0v) is 27.7. The molecule has 0 amide bonds. The van der Waals surface area contributed by atoms with E-state index in [2.05, 4.69) is 103 Å². The fourth-order valence-corrected chi connectivity index (χ4v) is 7.64. The normalized spacial score (nSPS) is 11.8. The van der Waals surface area contributed by atoms with Crippen LogP contribution in [0.4, 0.5) is 0 Å². The Balaban J connectivity index is 1.23. The summed E-state index contributed by atoms with van der Waals surface area (Å²) in [5.41, 5.74) is 8.12. The van der Waals surface area contributed by atoms with Gasteiger partial charge in [-0.1, -0.05) is 127 Å². The highest BCUT2D eigenvalue weighted by atomic mass is 16.3. The Bertz CT molecular complexity index is 3190. The van der Waals surface area contributed by atoms with Crippen molar-refractivity contribution in [1.82, 2.24) is 15.0 Å². The third-order valence-electron chi connectivity index (χ3n) is 10.1. The van der Waals surface area contributed by atoms with E-state index in [1.165, 1.54) is 0 Å². The Morgan fingerprint density at radius 2 is 0.962 bits per heavy atom. The minimum Gasteiger partial charge on any atom is -0.456 e. The second-order valence-corrected chi connectivity index (χ2v) is 13.2. The second kappa shape index (κ2) is 11.2. The summed E-state index contributed by atoms with van der Waals surface area (Å²) in [6, 6.07) is 56.3. The highest BCUT2D eigenvalue weighted by Gasteiger charge is 2.22. The molecule has 8 aromatic carbocycles. The monoisotopic (exact) mass is 665 g/mol. The third kappa shape index (κ3) is 4.46. The van der Waals surface area contributed by atoms with Crippen LogP contribution in [0.2, 0.25) is 0 Å². The fourth-order valence-electron chi connectivity index (χ4n) is 7.64. The van der Waals surface area contributed by atoms with Crippen molar-refractivity contribution < 1.29 is 8.83 Å². The zero-order valence-electron chi connectivity index (χ0n) is 27.7. The van der Waals surface area contributed by atoms with E-state index in [4.69, 9.17) is 23.8 Å². The highest BCUT2D eigenvalue weighted by Crippen LogP contribution is 2.44. The highest BCUT2D eigenvalue weighted by molar-refractivity contribution is 6.20. The predicted molar refractivity (Wildman–Crippen MR) is 211 cm³/mol. The molecule has 3 heterocycles. The Hall–Kier alpha value is -7.11. The van der Waals surface area contributed by atoms with Gasteiger partial charge in [0.1, 0.15) is 22.3 Å². The van der Waals surface area contributed by atoms with Crippen molar-refractivity contribution in [2.45, 2.75) is 0 Å². The molecule has 0 unspecified atom stereocenters. The maximum atomic E-state index is 6.62. The molecule has 11 aromatic rings. The number of nitrogens with zero attached hydrogens (tertiary/aromatic N) is 3. The first-order valence-electron chi connectivity index (χ1n) is 17.3. The maximum absolute atomic E-state index is 6.62. The van der Waals surface area contributed by atoms with Gasteiger partial charge in [-0.25, -0.2) is 15.0 Å². The molecule has 0 radical (unpaired) electrons. The van der Waals surface area contributed by atoms with Gasteiger partial charge in [-0.2, -0.15) is 0 Å². The molecular formula is C47H27N3O2. The summed E-state index contributed by atoms with van der Waals surface area (Å²) in [6.07, 6.45) is 0. The molecule has 5 heteroatoms. The van der Waals surface area contributed by atoms with Crippen LogP contribution in [0.5, 0.6) is 0 Å². The minimum atomic E-state index is 0.578. The van der Waals surface area contributed by atoms with Gasteiger partial charge in [0.05, 0.1) is 0 Å². The lowest BCUT2D eigenvalue weighted by Gasteiger charge is -2.13. The van der Waals surface area contributed by atoms with Gasteiger partial charge in [0.25, 0.3) is 0 Å². The quantitative estimate of drug-likeness (QED) is 0.187. The van der Waals surface area contributed by atoms with Crippen molar-refractivity contribution in [2.75, 3.05) is 0 Å². The van der Waals surface area contributed by atoms with Crippen molar-refractivity contribution in [3.05, 3.63) is 164 Å². The van der Waals surface area contributed by atoms with Gasteiger partial charge in [-0.15, -0.1) is 0 Å². The second-order valence-electron chi connectivity index (χ2n) is 13.2. The molecule has 0 atom stereocenters. The molecule has 3 aromatic heterocycles. The first-order valence-corrected chi connectivity index (χ1v) is 17.3. The standard InChI is InChI=1S/C47H27N3O2/c1-2-13-29(14-3-1)45-48-46(31-23-22-28-12-4-5-15-30(28)24-31)50-47(49-45)39-25-32(26-42-43(39)36-19-9-11-21-41(36)51-42)37-27-38-34-17-8-10-20-40(34)52-44(38)35-18-7-6-16-33(35)37/h1-27H. The van der Waals surface area contributed by atoms with E-state index in [1.54, 1.807) is 0 Å². The van der Waals surface area contributed by atoms with Crippen molar-refractivity contribution in [1.29, 1.82) is 0 Å². The summed E-state index contributed by atoms with van der Waals surface area (Å²) >= 11 is 0. The Kier molecular flexibility index (Phi) is 6.18. The number of furan rings is 2. The van der Waals surface area contributed by atoms with Crippen LogP contribution in [-0.2, 0) is 0 Å². The summed E-state index contributed by atoms with van der Waals surface area (Å²) < 4.78 is 13.1. The van der Waals surface area contributed by atoms with E-state index in [9.17, 15) is 0 Å². The van der Waals surface area contributed by atoms with Crippen molar-refractivity contribution in [2.24, 2.45) is 0 Å². The summed E-state index contributed by atoms with van der Waals surface area (Å²) in [5.74, 6) is 1.80. The van der Waals surface area contributed by atoms with Gasteiger partial charge < -0.3 is 8.83 Å². The van der Waals surface area contributed by atoms with E-state index < -0.39 is 0 Å². The molecule has 0 N–H and O–H groups in total. The van der Waals surface area contributed by atoms with Gasteiger partial charge in [0.2, 0.25) is 0 Å². The van der Waals surface area contributed by atoms with Gasteiger partial charge in [0.15, 0.2) is 17.5 Å². The van der Waals surface area contributed by atoms with E-state index in [1.807, 2.05) is 60.7 Å². The average Bonchev–Trinajstić information content (AvgIpc) is 3.79. The molecular weight excluding hydrogens is 639 g/mol. The summed E-state index contributed by atoms with van der Waals surface area (Å²) in [5, 5.41) is 8.57. The van der Waals surface area contributed by atoms with Crippen LogP contribution in [0.1, 0.15) is 0 Å². The molecule has 0 aliphatic heterocycles. The number of hydrogen-bond acceptors (Lipinski definition) is 5. The van der Waals surface area contributed by atoms with E-state index in [0.29, 0.717) is 17.5 Å². The Morgan fingerprint density at radius 1 is 0.327 bits per heavy atom. The molecule has 0 aliphatic carbocycles. The SMILES string of the molecule is c1ccc(-c2nc(-c3ccc4ccccc4c3)nc(-c3cc(-c4cc5c6ccccc6oc5c5ccccc45)cc4oc5ccccc5c34)n2)cc1. The number of fused-ring (bicyclic) bond motifs is 9. The summed E-state index contributed by atoms with van der Waals surface area (Å²) in [7, 11) is 0. The maximum Gasteiger partial charge on any atom is 0.164 e. The van der Waals surface area contributed by atoms with Gasteiger partial charge in [0, 0.05) is 43.6 Å². The van der Waals surface area contributed by atoms with Crippen molar-refractivity contribution in [3.63, 3.8) is 0 Å². The molecule has 11 rings (SSSR count). The van der Waals surface area contributed by atoms with E-state index in [0.717, 1.165) is 93.2 Å². The van der Waals surface area contributed by atoms with E-state index >= 15 is 0 Å². The minimum absolute atomic E-state index is 0.578. The molecule has 52 heavy (non-hydrogen) atoms. The lowest BCUT2D eigenvalue weighted by molar-refractivity contribution is 0.669. The van der Waals surface area contributed by atoms with Crippen LogP contribution in [0.3, 0.4) is 0 Å². The van der Waals surface area contributed by atoms with Crippen LogP contribution in [-0.4, -0.2) is 15.0 Å². The molecule has 0 spiro atoms. The molecule has 0 bridgehead atoms.